The number of hydrogen-bond donors (Lipinski definition) is 0. The molecule has 0 spiro atoms. The molecule has 0 aromatic heterocycles. The van der Waals surface area contributed by atoms with Crippen LogP contribution < -0.4 is 21.9 Å². The SMILES string of the molecule is CCN(CC)[N+]#N.CCOc1ccccc1OCC.[Cl-]. The van der Waals surface area contributed by atoms with Crippen LogP contribution in [0.4, 0.5) is 0 Å². The summed E-state index contributed by atoms with van der Waals surface area (Å²) in [6, 6.07) is 7.70. The van der Waals surface area contributed by atoms with Crippen LogP contribution in [0.15, 0.2) is 24.3 Å². The highest BCUT2D eigenvalue weighted by atomic mass is 35.5. The van der Waals surface area contributed by atoms with Crippen LogP contribution in [0.2, 0.25) is 0 Å². The number of diazo groups is 1. The highest BCUT2D eigenvalue weighted by Crippen LogP contribution is 2.25. The number of para-hydroxylation sites is 2. The predicted octanol–water partition coefficient (Wildman–Crippen LogP) is 0.584. The molecule has 0 saturated heterocycles. The van der Waals surface area contributed by atoms with Crippen molar-refractivity contribution in [2.45, 2.75) is 27.7 Å². The van der Waals surface area contributed by atoms with Crippen LogP contribution in [0, 0.1) is 5.39 Å². The van der Waals surface area contributed by atoms with Gasteiger partial charge in [-0.25, -0.2) is 0 Å². The average Bonchev–Trinajstić information content (AvgIpc) is 2.44. The Bertz CT molecular complexity index is 354. The maximum Gasteiger partial charge on any atom is 0.305 e. The molecule has 0 radical (unpaired) electrons. The standard InChI is InChI=1S/C10H14O2.C4H10N3.ClH/c1-3-11-9-7-5-6-8-10(9)12-4-2;1-3-7(4-2)6-5;/h5-8H,3-4H2,1-2H3;3-4H2,1-2H3;1H/q;+1;/p-1. The molecular weight excluding hydrogens is 278 g/mol. The van der Waals surface area contributed by atoms with Gasteiger partial charge < -0.3 is 21.9 Å². The van der Waals surface area contributed by atoms with Crippen molar-refractivity contribution in [2.75, 3.05) is 26.3 Å². The van der Waals surface area contributed by atoms with Gasteiger partial charge in [0.15, 0.2) is 11.5 Å². The van der Waals surface area contributed by atoms with Crippen molar-refractivity contribution in [3.8, 4) is 11.5 Å². The Balaban J connectivity index is 0. The summed E-state index contributed by atoms with van der Waals surface area (Å²) < 4.78 is 10.7. The Labute approximate surface area is 127 Å². The fraction of sp³-hybridized carbons (Fsp3) is 0.571. The molecule has 0 heterocycles. The van der Waals surface area contributed by atoms with E-state index >= 15 is 0 Å². The zero-order chi connectivity index (χ0) is 14.5. The molecule has 0 fully saturated rings. The quantitative estimate of drug-likeness (QED) is 0.570. The summed E-state index contributed by atoms with van der Waals surface area (Å²) in [5.74, 6) is 1.64. The number of halogens is 1. The molecule has 1 rings (SSSR count). The van der Waals surface area contributed by atoms with E-state index in [4.69, 9.17) is 14.9 Å². The van der Waals surface area contributed by atoms with E-state index in [1.54, 1.807) is 5.01 Å². The van der Waals surface area contributed by atoms with Crippen molar-refractivity contribution in [1.29, 1.82) is 5.39 Å². The second kappa shape index (κ2) is 13.8. The molecule has 0 N–H and O–H groups in total. The molecular formula is C14H24ClN3O2. The Hall–Kier alpha value is -1.67. The summed E-state index contributed by atoms with van der Waals surface area (Å²) in [5.41, 5.74) is 0. The molecule has 0 bridgehead atoms. The van der Waals surface area contributed by atoms with Gasteiger partial charge in [0.2, 0.25) is 0 Å². The topological polar surface area (TPSA) is 49.9 Å². The zero-order valence-electron chi connectivity index (χ0n) is 12.7. The molecule has 6 heteroatoms. The number of rotatable bonds is 6. The molecule has 0 unspecified atom stereocenters. The fourth-order valence-corrected chi connectivity index (χ4v) is 1.35. The van der Waals surface area contributed by atoms with Crippen LogP contribution in [-0.2, 0) is 0 Å². The summed E-state index contributed by atoms with van der Waals surface area (Å²) in [6.07, 6.45) is 0. The zero-order valence-corrected chi connectivity index (χ0v) is 13.4. The highest BCUT2D eigenvalue weighted by Gasteiger charge is 2.02. The summed E-state index contributed by atoms with van der Waals surface area (Å²) in [4.78, 5) is 0. The van der Waals surface area contributed by atoms with Gasteiger partial charge in [-0.15, -0.1) is 0 Å². The van der Waals surface area contributed by atoms with Gasteiger partial charge in [-0.2, -0.15) is 0 Å². The van der Waals surface area contributed by atoms with E-state index in [9.17, 15) is 0 Å². The van der Waals surface area contributed by atoms with Crippen LogP contribution in [0.3, 0.4) is 0 Å². The monoisotopic (exact) mass is 301 g/mol. The van der Waals surface area contributed by atoms with E-state index in [1.807, 2.05) is 52.0 Å². The van der Waals surface area contributed by atoms with E-state index in [-0.39, 0.29) is 12.4 Å². The molecule has 1 aromatic carbocycles. The first kappa shape index (κ1) is 20.6. The van der Waals surface area contributed by atoms with Gasteiger partial charge in [-0.05, 0) is 44.8 Å². The first-order valence-corrected chi connectivity index (χ1v) is 6.67. The lowest BCUT2D eigenvalue weighted by Gasteiger charge is -2.09. The first-order chi connectivity index (χ1) is 9.23. The van der Waals surface area contributed by atoms with Crippen molar-refractivity contribution in [3.05, 3.63) is 29.4 Å². The average molecular weight is 302 g/mol. The van der Waals surface area contributed by atoms with Crippen LogP contribution >= 0.6 is 0 Å². The molecule has 0 aliphatic rings. The minimum atomic E-state index is 0. The lowest BCUT2D eigenvalue weighted by atomic mass is 10.3. The molecule has 0 saturated carbocycles. The smallest absolute Gasteiger partial charge is 0.305 e. The predicted molar refractivity (Wildman–Crippen MR) is 76.8 cm³/mol. The van der Waals surface area contributed by atoms with Gasteiger partial charge in [-0.1, -0.05) is 12.1 Å². The van der Waals surface area contributed by atoms with Crippen LogP contribution in [0.1, 0.15) is 27.7 Å². The van der Waals surface area contributed by atoms with Gasteiger partial charge in [0, 0.05) is 0 Å². The number of benzene rings is 1. The number of ether oxygens (including phenoxy) is 2. The molecule has 20 heavy (non-hydrogen) atoms. The molecule has 114 valence electrons. The van der Waals surface area contributed by atoms with E-state index in [0.29, 0.717) is 13.2 Å². The van der Waals surface area contributed by atoms with Crippen molar-refractivity contribution in [2.24, 2.45) is 0 Å². The lowest BCUT2D eigenvalue weighted by Crippen LogP contribution is -3.00. The van der Waals surface area contributed by atoms with Gasteiger partial charge >= 0.3 is 5.08 Å². The normalized spacial score (nSPS) is 8.35. The maximum atomic E-state index is 8.08. The summed E-state index contributed by atoms with van der Waals surface area (Å²) in [6.45, 7) is 10.7. The van der Waals surface area contributed by atoms with Crippen molar-refractivity contribution in [1.82, 2.24) is 5.01 Å². The Kier molecular flexibility index (Phi) is 14.2. The van der Waals surface area contributed by atoms with E-state index in [1.165, 1.54) is 0 Å². The third-order valence-electron chi connectivity index (χ3n) is 2.31. The first-order valence-electron chi connectivity index (χ1n) is 6.67. The molecule has 0 amide bonds. The third-order valence-corrected chi connectivity index (χ3v) is 2.31. The van der Waals surface area contributed by atoms with Crippen LogP contribution in [0.5, 0.6) is 11.5 Å². The molecule has 0 atom stereocenters. The van der Waals surface area contributed by atoms with Gasteiger partial charge in [-0.3, -0.25) is 0 Å². The Morgan fingerprint density at radius 1 is 0.950 bits per heavy atom. The highest BCUT2D eigenvalue weighted by molar-refractivity contribution is 5.39. The molecule has 5 nitrogen and oxygen atoms in total. The Morgan fingerprint density at radius 2 is 1.35 bits per heavy atom. The molecule has 0 aliphatic carbocycles. The molecule has 0 aliphatic heterocycles. The van der Waals surface area contributed by atoms with Crippen LogP contribution in [-0.4, -0.2) is 31.3 Å². The van der Waals surface area contributed by atoms with Crippen molar-refractivity contribution in [3.63, 3.8) is 0 Å². The summed E-state index contributed by atoms with van der Waals surface area (Å²) in [7, 11) is 0. The largest absolute Gasteiger partial charge is 1.00 e. The number of nitrogens with zero attached hydrogens (tertiary/aromatic N) is 3. The second-order valence-electron chi connectivity index (χ2n) is 3.54. The minimum Gasteiger partial charge on any atom is -1.00 e. The van der Waals surface area contributed by atoms with E-state index in [2.05, 4.69) is 5.08 Å². The van der Waals surface area contributed by atoms with Gasteiger partial charge in [0.1, 0.15) is 0 Å². The fourth-order valence-electron chi connectivity index (χ4n) is 1.35. The Morgan fingerprint density at radius 3 is 1.55 bits per heavy atom. The van der Waals surface area contributed by atoms with Gasteiger partial charge in [0.05, 0.1) is 26.3 Å². The van der Waals surface area contributed by atoms with Crippen LogP contribution in [0.25, 0.3) is 5.08 Å². The van der Waals surface area contributed by atoms with E-state index < -0.39 is 0 Å². The maximum absolute atomic E-state index is 8.08. The second-order valence-corrected chi connectivity index (χ2v) is 3.54. The van der Waals surface area contributed by atoms with Crippen molar-refractivity contribution >= 4 is 0 Å². The summed E-state index contributed by atoms with van der Waals surface area (Å²) in [5, 5.41) is 12.6. The third kappa shape index (κ3) is 8.44. The lowest BCUT2D eigenvalue weighted by molar-refractivity contribution is -0.00000539. The van der Waals surface area contributed by atoms with E-state index in [0.717, 1.165) is 24.6 Å². The van der Waals surface area contributed by atoms with Gasteiger partial charge in [0.25, 0.3) is 5.39 Å². The minimum absolute atomic E-state index is 0. The summed E-state index contributed by atoms with van der Waals surface area (Å²) >= 11 is 0. The molecule has 1 aromatic rings. The van der Waals surface area contributed by atoms with Crippen molar-refractivity contribution < 1.29 is 21.9 Å². The number of hydrogen-bond acceptors (Lipinski definition) is 4.